The number of hydrogen-bond donors (Lipinski definition) is 2. The standard InChI is InChI=1S/C4H9NO2S/c5-4(7)3-8-2-1-6/h6H,1-3H2,(H2,5,7). The third kappa shape index (κ3) is 5.78. The lowest BCUT2D eigenvalue weighted by Crippen LogP contribution is -2.13. The van der Waals surface area contributed by atoms with Gasteiger partial charge in [-0.1, -0.05) is 0 Å². The molecule has 3 nitrogen and oxygen atoms in total. The molecule has 0 radical (unpaired) electrons. The smallest absolute Gasteiger partial charge is 0.227 e. The number of aliphatic hydroxyl groups excluding tert-OH is 1. The van der Waals surface area contributed by atoms with Crippen molar-refractivity contribution >= 4 is 17.7 Å². The van der Waals surface area contributed by atoms with Crippen LogP contribution in [0.1, 0.15) is 0 Å². The number of thioether (sulfide) groups is 1. The van der Waals surface area contributed by atoms with Crippen LogP contribution in [0.15, 0.2) is 0 Å². The molecule has 3 N–H and O–H groups in total. The Balaban J connectivity index is 2.82. The molecule has 0 bridgehead atoms. The van der Waals surface area contributed by atoms with E-state index in [0.29, 0.717) is 11.5 Å². The first-order valence-corrected chi connectivity index (χ1v) is 3.39. The number of rotatable bonds is 4. The third-order valence-electron chi connectivity index (χ3n) is 0.480. The lowest BCUT2D eigenvalue weighted by atomic mass is 10.8. The monoisotopic (exact) mass is 135 g/mol. The second-order valence-electron chi connectivity index (χ2n) is 1.24. The maximum Gasteiger partial charge on any atom is 0.227 e. The first-order chi connectivity index (χ1) is 3.77. The summed E-state index contributed by atoms with van der Waals surface area (Å²) in [7, 11) is 0. The number of carbonyl (C=O) groups is 1. The van der Waals surface area contributed by atoms with E-state index >= 15 is 0 Å². The number of aliphatic hydroxyl groups is 1. The molecule has 0 fully saturated rings. The van der Waals surface area contributed by atoms with Crippen molar-refractivity contribution < 1.29 is 9.90 Å². The predicted molar refractivity (Wildman–Crippen MR) is 33.6 cm³/mol. The fourth-order valence-corrected chi connectivity index (χ4v) is 0.712. The Morgan fingerprint density at radius 3 is 2.75 bits per heavy atom. The van der Waals surface area contributed by atoms with Crippen LogP contribution in [0.2, 0.25) is 0 Å². The molecule has 1 amide bonds. The summed E-state index contributed by atoms with van der Waals surface area (Å²) in [6.45, 7) is 0.109. The summed E-state index contributed by atoms with van der Waals surface area (Å²) in [6.07, 6.45) is 0. The maximum atomic E-state index is 9.99. The van der Waals surface area contributed by atoms with Crippen LogP contribution in [0.25, 0.3) is 0 Å². The van der Waals surface area contributed by atoms with Gasteiger partial charge in [-0.05, 0) is 0 Å². The Hall–Kier alpha value is -0.220. The number of hydrogen-bond acceptors (Lipinski definition) is 3. The van der Waals surface area contributed by atoms with Crippen LogP contribution < -0.4 is 5.73 Å². The minimum atomic E-state index is -0.330. The van der Waals surface area contributed by atoms with Crippen LogP contribution in [0, 0.1) is 0 Å². The van der Waals surface area contributed by atoms with Gasteiger partial charge in [-0.25, -0.2) is 0 Å². The van der Waals surface area contributed by atoms with Crippen molar-refractivity contribution in [3.05, 3.63) is 0 Å². The topological polar surface area (TPSA) is 63.3 Å². The normalized spacial score (nSPS) is 9.12. The molecule has 0 aromatic carbocycles. The Morgan fingerprint density at radius 2 is 2.38 bits per heavy atom. The molecule has 0 saturated carbocycles. The van der Waals surface area contributed by atoms with Gasteiger partial charge in [0.2, 0.25) is 5.91 Å². The molecule has 0 spiro atoms. The van der Waals surface area contributed by atoms with Crippen molar-refractivity contribution in [2.24, 2.45) is 5.73 Å². The molecule has 0 unspecified atom stereocenters. The summed E-state index contributed by atoms with van der Waals surface area (Å²) in [5.74, 6) is 0.562. The molecule has 0 atom stereocenters. The van der Waals surface area contributed by atoms with Crippen molar-refractivity contribution in [3.63, 3.8) is 0 Å². The van der Waals surface area contributed by atoms with Crippen molar-refractivity contribution in [2.75, 3.05) is 18.1 Å². The van der Waals surface area contributed by atoms with Crippen LogP contribution in [0.4, 0.5) is 0 Å². The molecule has 4 heteroatoms. The molecule has 0 aliphatic rings. The minimum absolute atomic E-state index is 0.109. The Morgan fingerprint density at radius 1 is 1.75 bits per heavy atom. The Labute approximate surface area is 52.3 Å². The molecule has 0 aliphatic carbocycles. The van der Waals surface area contributed by atoms with E-state index in [2.05, 4.69) is 0 Å². The van der Waals surface area contributed by atoms with Crippen LogP contribution in [-0.4, -0.2) is 29.1 Å². The van der Waals surface area contributed by atoms with Gasteiger partial charge in [0, 0.05) is 5.75 Å². The number of nitrogens with two attached hydrogens (primary N) is 1. The van der Waals surface area contributed by atoms with Crippen LogP contribution in [0.3, 0.4) is 0 Å². The van der Waals surface area contributed by atoms with E-state index in [9.17, 15) is 4.79 Å². The van der Waals surface area contributed by atoms with Crippen molar-refractivity contribution in [3.8, 4) is 0 Å². The van der Waals surface area contributed by atoms with E-state index in [1.807, 2.05) is 0 Å². The van der Waals surface area contributed by atoms with Gasteiger partial charge in [-0.2, -0.15) is 0 Å². The van der Waals surface area contributed by atoms with Gasteiger partial charge in [-0.3, -0.25) is 4.79 Å². The zero-order valence-electron chi connectivity index (χ0n) is 4.46. The van der Waals surface area contributed by atoms with Gasteiger partial charge in [-0.15, -0.1) is 11.8 Å². The van der Waals surface area contributed by atoms with Crippen LogP contribution in [-0.2, 0) is 4.79 Å². The highest BCUT2D eigenvalue weighted by molar-refractivity contribution is 7.99. The van der Waals surface area contributed by atoms with Gasteiger partial charge in [0.05, 0.1) is 12.4 Å². The predicted octanol–water partition coefficient (Wildman–Crippen LogP) is -0.803. The highest BCUT2D eigenvalue weighted by Crippen LogP contribution is 1.94. The average Bonchev–Trinajstić information content (AvgIpc) is 1.66. The highest BCUT2D eigenvalue weighted by Gasteiger charge is 1.90. The lowest BCUT2D eigenvalue weighted by molar-refractivity contribution is -0.115. The molecular formula is C4H9NO2S. The number of amides is 1. The second kappa shape index (κ2) is 4.93. The van der Waals surface area contributed by atoms with Crippen LogP contribution in [0.5, 0.6) is 0 Å². The largest absolute Gasteiger partial charge is 0.396 e. The Bertz CT molecular complexity index is 76.4. The van der Waals surface area contributed by atoms with Gasteiger partial charge in [0.15, 0.2) is 0 Å². The fraction of sp³-hybridized carbons (Fsp3) is 0.750. The summed E-state index contributed by atoms with van der Waals surface area (Å²) in [5.41, 5.74) is 4.79. The summed E-state index contributed by atoms with van der Waals surface area (Å²) >= 11 is 1.34. The molecule has 0 aromatic rings. The van der Waals surface area contributed by atoms with E-state index in [1.54, 1.807) is 0 Å². The summed E-state index contributed by atoms with van der Waals surface area (Å²) in [6, 6.07) is 0. The Kier molecular flexibility index (Phi) is 4.79. The molecular weight excluding hydrogens is 126 g/mol. The van der Waals surface area contributed by atoms with E-state index in [-0.39, 0.29) is 12.5 Å². The highest BCUT2D eigenvalue weighted by atomic mass is 32.2. The fourth-order valence-electron chi connectivity index (χ4n) is 0.237. The molecule has 48 valence electrons. The number of primary amides is 1. The second-order valence-corrected chi connectivity index (χ2v) is 2.35. The molecule has 0 rings (SSSR count). The molecule has 0 aliphatic heterocycles. The number of carbonyl (C=O) groups excluding carboxylic acids is 1. The quantitative estimate of drug-likeness (QED) is 0.496. The van der Waals surface area contributed by atoms with E-state index in [0.717, 1.165) is 0 Å². The molecule has 8 heavy (non-hydrogen) atoms. The van der Waals surface area contributed by atoms with E-state index in [1.165, 1.54) is 11.8 Å². The SMILES string of the molecule is NC(=O)CSCCO. The first-order valence-electron chi connectivity index (χ1n) is 2.24. The van der Waals surface area contributed by atoms with Gasteiger partial charge in [0.1, 0.15) is 0 Å². The zero-order valence-corrected chi connectivity index (χ0v) is 5.28. The van der Waals surface area contributed by atoms with Crippen molar-refractivity contribution in [1.29, 1.82) is 0 Å². The van der Waals surface area contributed by atoms with E-state index in [4.69, 9.17) is 10.8 Å². The summed E-state index contributed by atoms with van der Waals surface area (Å²) in [5, 5.41) is 8.21. The molecule has 0 saturated heterocycles. The van der Waals surface area contributed by atoms with Crippen LogP contribution >= 0.6 is 11.8 Å². The van der Waals surface area contributed by atoms with Gasteiger partial charge >= 0.3 is 0 Å². The third-order valence-corrected chi connectivity index (χ3v) is 1.44. The summed E-state index contributed by atoms with van der Waals surface area (Å²) in [4.78, 5) is 9.99. The van der Waals surface area contributed by atoms with Crippen molar-refractivity contribution in [1.82, 2.24) is 0 Å². The molecule has 0 heterocycles. The lowest BCUT2D eigenvalue weighted by Gasteiger charge is -1.90. The average molecular weight is 135 g/mol. The minimum Gasteiger partial charge on any atom is -0.396 e. The molecule has 0 aromatic heterocycles. The van der Waals surface area contributed by atoms with E-state index < -0.39 is 0 Å². The van der Waals surface area contributed by atoms with Crippen molar-refractivity contribution in [2.45, 2.75) is 0 Å². The van der Waals surface area contributed by atoms with Gasteiger partial charge in [0.25, 0.3) is 0 Å². The first kappa shape index (κ1) is 7.78. The van der Waals surface area contributed by atoms with Gasteiger partial charge < -0.3 is 10.8 Å². The zero-order chi connectivity index (χ0) is 6.41. The summed E-state index contributed by atoms with van der Waals surface area (Å²) < 4.78 is 0. The maximum absolute atomic E-state index is 9.99.